The van der Waals surface area contributed by atoms with E-state index in [2.05, 4.69) is 10.2 Å². The van der Waals surface area contributed by atoms with Gasteiger partial charge >= 0.3 is 0 Å². The molecule has 0 spiro atoms. The van der Waals surface area contributed by atoms with Crippen LogP contribution in [-0.4, -0.2) is 56.9 Å². The van der Waals surface area contributed by atoms with Gasteiger partial charge in [-0.2, -0.15) is 4.31 Å². The second-order valence-electron chi connectivity index (χ2n) is 5.61. The fraction of sp³-hybridized carbons (Fsp3) is 0.714. The van der Waals surface area contributed by atoms with Crippen molar-refractivity contribution < 1.29 is 12.8 Å². The number of hydrogen-bond acceptors (Lipinski definition) is 5. The Balaban J connectivity index is 2.21. The summed E-state index contributed by atoms with van der Waals surface area (Å²) in [6.07, 6.45) is 0. The van der Waals surface area contributed by atoms with Crippen molar-refractivity contribution in [1.82, 2.24) is 14.5 Å². The van der Waals surface area contributed by atoms with Gasteiger partial charge in [0.2, 0.25) is 10.0 Å². The summed E-state index contributed by atoms with van der Waals surface area (Å²) < 4.78 is 32.7. The van der Waals surface area contributed by atoms with Gasteiger partial charge in [0, 0.05) is 31.7 Å². The van der Waals surface area contributed by atoms with E-state index in [4.69, 9.17) is 4.42 Å². The molecule has 1 fully saturated rings. The van der Waals surface area contributed by atoms with Crippen LogP contribution in [0.4, 0.5) is 0 Å². The number of aryl methyl sites for hydroxylation is 1. The van der Waals surface area contributed by atoms with Crippen molar-refractivity contribution in [2.75, 3.05) is 33.2 Å². The second kappa shape index (κ2) is 6.48. The number of nitrogens with zero attached hydrogens (tertiary/aromatic N) is 2. The van der Waals surface area contributed by atoms with Crippen LogP contribution in [0.3, 0.4) is 0 Å². The molecule has 1 aliphatic heterocycles. The third-order valence-electron chi connectivity index (χ3n) is 4.01. The summed E-state index contributed by atoms with van der Waals surface area (Å²) in [6.45, 7) is 8.91. The van der Waals surface area contributed by atoms with Crippen molar-refractivity contribution >= 4 is 10.0 Å². The Hall–Kier alpha value is -0.890. The van der Waals surface area contributed by atoms with Crippen molar-refractivity contribution in [3.63, 3.8) is 0 Å². The molecule has 1 aromatic heterocycles. The Kier molecular flexibility index (Phi) is 5.08. The maximum atomic E-state index is 12.8. The molecule has 1 atom stereocenters. The smallest absolute Gasteiger partial charge is 0.246 e. The number of furan rings is 1. The summed E-state index contributed by atoms with van der Waals surface area (Å²) in [5.41, 5.74) is 0. The highest BCUT2D eigenvalue weighted by Crippen LogP contribution is 2.25. The molecular formula is C14H25N3O3S. The molecule has 7 heteroatoms. The Bertz CT molecular complexity index is 582. The van der Waals surface area contributed by atoms with Gasteiger partial charge in [-0.3, -0.25) is 0 Å². The minimum atomic E-state index is -3.47. The molecule has 2 heterocycles. The SMILES string of the molecule is CCNCc1cc(S(=O)(=O)N2CCN(C)C(C)C2)c(C)o1. The van der Waals surface area contributed by atoms with Gasteiger partial charge < -0.3 is 14.6 Å². The molecule has 0 radical (unpaired) electrons. The molecular weight excluding hydrogens is 290 g/mol. The van der Waals surface area contributed by atoms with E-state index in [-0.39, 0.29) is 6.04 Å². The van der Waals surface area contributed by atoms with Crippen LogP contribution in [0.15, 0.2) is 15.4 Å². The molecule has 6 nitrogen and oxygen atoms in total. The molecule has 0 saturated carbocycles. The lowest BCUT2D eigenvalue weighted by Gasteiger charge is -2.36. The van der Waals surface area contributed by atoms with Crippen LogP contribution in [0.1, 0.15) is 25.4 Å². The number of sulfonamides is 1. The monoisotopic (exact) mass is 315 g/mol. The van der Waals surface area contributed by atoms with Gasteiger partial charge in [0.05, 0.1) is 6.54 Å². The maximum Gasteiger partial charge on any atom is 0.246 e. The van der Waals surface area contributed by atoms with Gasteiger partial charge in [-0.1, -0.05) is 6.92 Å². The Morgan fingerprint density at radius 3 is 2.76 bits per heavy atom. The number of likely N-dealkylation sites (N-methyl/N-ethyl adjacent to an activating group) is 1. The van der Waals surface area contributed by atoms with Gasteiger partial charge in [-0.25, -0.2) is 8.42 Å². The summed E-state index contributed by atoms with van der Waals surface area (Å²) in [5, 5.41) is 3.14. The molecule has 0 amide bonds. The third kappa shape index (κ3) is 3.48. The summed E-state index contributed by atoms with van der Waals surface area (Å²) in [7, 11) is -1.45. The zero-order valence-electron chi connectivity index (χ0n) is 13.2. The first-order chi connectivity index (χ1) is 9.86. The first-order valence-corrected chi connectivity index (χ1v) is 8.80. The minimum absolute atomic E-state index is 0.224. The molecule has 0 bridgehead atoms. The number of nitrogens with one attached hydrogen (secondary N) is 1. The lowest BCUT2D eigenvalue weighted by Crippen LogP contribution is -2.51. The second-order valence-corrected chi connectivity index (χ2v) is 7.51. The van der Waals surface area contributed by atoms with E-state index in [0.29, 0.717) is 36.1 Å². The van der Waals surface area contributed by atoms with E-state index in [9.17, 15) is 8.42 Å². The Morgan fingerprint density at radius 2 is 2.14 bits per heavy atom. The molecule has 1 N–H and O–H groups in total. The first kappa shape index (κ1) is 16.5. The molecule has 0 aromatic carbocycles. The number of hydrogen-bond donors (Lipinski definition) is 1. The van der Waals surface area contributed by atoms with Crippen LogP contribution in [0.5, 0.6) is 0 Å². The summed E-state index contributed by atoms with van der Waals surface area (Å²) in [6, 6.07) is 1.87. The average molecular weight is 315 g/mol. The molecule has 21 heavy (non-hydrogen) atoms. The number of piperazine rings is 1. The van der Waals surface area contributed by atoms with Crippen LogP contribution in [0, 0.1) is 6.92 Å². The van der Waals surface area contributed by atoms with Crippen molar-refractivity contribution in [3.05, 3.63) is 17.6 Å². The lowest BCUT2D eigenvalue weighted by atomic mass is 10.2. The zero-order valence-corrected chi connectivity index (χ0v) is 14.0. The lowest BCUT2D eigenvalue weighted by molar-refractivity contribution is 0.159. The first-order valence-electron chi connectivity index (χ1n) is 7.36. The largest absolute Gasteiger partial charge is 0.464 e. The minimum Gasteiger partial charge on any atom is -0.464 e. The normalized spacial score (nSPS) is 21.8. The quantitative estimate of drug-likeness (QED) is 0.879. The Morgan fingerprint density at radius 1 is 1.43 bits per heavy atom. The van der Waals surface area contributed by atoms with Crippen molar-refractivity contribution in [2.24, 2.45) is 0 Å². The molecule has 1 aromatic rings. The van der Waals surface area contributed by atoms with Crippen LogP contribution in [0.25, 0.3) is 0 Å². The standard InChI is InChI=1S/C14H25N3O3S/c1-5-15-9-13-8-14(12(3)20-13)21(18,19)17-7-6-16(4)11(2)10-17/h8,11,15H,5-7,9-10H2,1-4H3. The highest BCUT2D eigenvalue weighted by molar-refractivity contribution is 7.89. The van der Waals surface area contributed by atoms with Crippen LogP contribution in [0.2, 0.25) is 0 Å². The number of rotatable bonds is 5. The molecule has 1 aliphatic rings. The van der Waals surface area contributed by atoms with Gasteiger partial charge in [0.25, 0.3) is 0 Å². The van der Waals surface area contributed by atoms with Crippen molar-refractivity contribution in [2.45, 2.75) is 38.3 Å². The summed E-state index contributed by atoms with van der Waals surface area (Å²) in [5.74, 6) is 1.13. The molecule has 0 aliphatic carbocycles. The highest BCUT2D eigenvalue weighted by atomic mass is 32.2. The van der Waals surface area contributed by atoms with Gasteiger partial charge in [-0.15, -0.1) is 0 Å². The van der Waals surface area contributed by atoms with Gasteiger partial charge in [0.15, 0.2) is 0 Å². The van der Waals surface area contributed by atoms with Crippen LogP contribution < -0.4 is 5.32 Å². The zero-order chi connectivity index (χ0) is 15.6. The summed E-state index contributed by atoms with van der Waals surface area (Å²) in [4.78, 5) is 2.47. The van der Waals surface area contributed by atoms with Gasteiger partial charge in [0.1, 0.15) is 16.4 Å². The molecule has 1 saturated heterocycles. The van der Waals surface area contributed by atoms with Gasteiger partial charge in [-0.05, 0) is 27.4 Å². The fourth-order valence-electron chi connectivity index (χ4n) is 2.49. The average Bonchev–Trinajstić information content (AvgIpc) is 2.81. The molecule has 1 unspecified atom stereocenters. The van der Waals surface area contributed by atoms with Crippen LogP contribution in [-0.2, 0) is 16.6 Å². The summed E-state index contributed by atoms with van der Waals surface area (Å²) >= 11 is 0. The van der Waals surface area contributed by atoms with E-state index in [1.54, 1.807) is 17.3 Å². The molecule has 2 rings (SSSR count). The molecule has 120 valence electrons. The van der Waals surface area contributed by atoms with E-state index in [1.165, 1.54) is 0 Å². The van der Waals surface area contributed by atoms with E-state index < -0.39 is 10.0 Å². The van der Waals surface area contributed by atoms with Crippen molar-refractivity contribution in [3.8, 4) is 0 Å². The van der Waals surface area contributed by atoms with E-state index >= 15 is 0 Å². The maximum absolute atomic E-state index is 12.8. The van der Waals surface area contributed by atoms with Crippen LogP contribution >= 0.6 is 0 Å². The fourth-order valence-corrected chi connectivity index (χ4v) is 4.19. The predicted octanol–water partition coefficient (Wildman–Crippen LogP) is 1.02. The topological polar surface area (TPSA) is 65.8 Å². The van der Waals surface area contributed by atoms with E-state index in [0.717, 1.165) is 13.1 Å². The predicted molar refractivity (Wildman–Crippen MR) is 81.7 cm³/mol. The highest BCUT2D eigenvalue weighted by Gasteiger charge is 2.33. The van der Waals surface area contributed by atoms with E-state index in [1.807, 2.05) is 20.9 Å². The Labute approximate surface area is 127 Å². The van der Waals surface area contributed by atoms with Crippen molar-refractivity contribution in [1.29, 1.82) is 0 Å². The third-order valence-corrected chi connectivity index (χ3v) is 5.99.